The maximum Gasteiger partial charge on any atom is 0.315 e. The van der Waals surface area contributed by atoms with Gasteiger partial charge in [-0.2, -0.15) is 0 Å². The third-order valence-electron chi connectivity index (χ3n) is 2.24. The summed E-state index contributed by atoms with van der Waals surface area (Å²) >= 11 is 0. The zero-order chi connectivity index (χ0) is 13.8. The number of carbonyl (C=O) groups is 1. The van der Waals surface area contributed by atoms with Crippen LogP contribution in [-0.4, -0.2) is 18.7 Å². The van der Waals surface area contributed by atoms with Gasteiger partial charge in [-0.3, -0.25) is 0 Å². The van der Waals surface area contributed by atoms with Gasteiger partial charge in [0, 0.05) is 12.1 Å². The molecule has 0 saturated carbocycles. The van der Waals surface area contributed by atoms with E-state index in [-0.39, 0.29) is 11.6 Å². The van der Waals surface area contributed by atoms with E-state index in [0.717, 1.165) is 5.56 Å². The number of hydrogen-bond acceptors (Lipinski definition) is 3. The molecule has 0 aliphatic carbocycles. The Bertz CT molecular complexity index is 425. The van der Waals surface area contributed by atoms with E-state index in [0.29, 0.717) is 18.0 Å². The molecule has 0 aliphatic rings. The molecule has 1 rings (SSSR count). The third-order valence-corrected chi connectivity index (χ3v) is 2.24. The zero-order valence-electron chi connectivity index (χ0n) is 11.3. The van der Waals surface area contributed by atoms with Crippen LogP contribution in [0.2, 0.25) is 0 Å². The highest BCUT2D eigenvalue weighted by Crippen LogP contribution is 2.21. The second-order valence-corrected chi connectivity index (χ2v) is 5.13. The van der Waals surface area contributed by atoms with E-state index >= 15 is 0 Å². The van der Waals surface area contributed by atoms with Crippen LogP contribution in [-0.2, 0) is 6.54 Å². The van der Waals surface area contributed by atoms with Gasteiger partial charge in [0.15, 0.2) is 0 Å². The smallest absolute Gasteiger partial charge is 0.315 e. The molecule has 0 atom stereocenters. The van der Waals surface area contributed by atoms with Crippen LogP contribution in [0.1, 0.15) is 26.3 Å². The van der Waals surface area contributed by atoms with Crippen molar-refractivity contribution in [1.82, 2.24) is 10.6 Å². The number of nitrogen functional groups attached to an aromatic ring is 1. The third kappa shape index (κ3) is 4.53. The van der Waals surface area contributed by atoms with E-state index in [9.17, 15) is 4.79 Å². The van der Waals surface area contributed by atoms with Crippen LogP contribution in [0.4, 0.5) is 10.5 Å². The van der Waals surface area contributed by atoms with E-state index in [4.69, 9.17) is 10.5 Å². The van der Waals surface area contributed by atoms with Crippen molar-refractivity contribution in [3.63, 3.8) is 0 Å². The Morgan fingerprint density at radius 2 is 2.06 bits per heavy atom. The summed E-state index contributed by atoms with van der Waals surface area (Å²) in [5.74, 6) is 0.637. The van der Waals surface area contributed by atoms with Crippen molar-refractivity contribution in [2.24, 2.45) is 0 Å². The Kier molecular flexibility index (Phi) is 4.42. The standard InChI is InChI=1S/C13H21N3O2/c1-13(2,3)16-12(17)15-8-9-5-6-11(18-4)10(14)7-9/h5-7H,8,14H2,1-4H3,(H2,15,16,17). The van der Waals surface area contributed by atoms with Crippen molar-refractivity contribution in [1.29, 1.82) is 0 Å². The van der Waals surface area contributed by atoms with Crippen LogP contribution in [0, 0.1) is 0 Å². The fourth-order valence-corrected chi connectivity index (χ4v) is 1.46. The Labute approximate surface area is 108 Å². The topological polar surface area (TPSA) is 76.4 Å². The van der Waals surface area contributed by atoms with Crippen LogP contribution in [0.25, 0.3) is 0 Å². The number of urea groups is 1. The average molecular weight is 251 g/mol. The van der Waals surface area contributed by atoms with Crippen molar-refractivity contribution >= 4 is 11.7 Å². The van der Waals surface area contributed by atoms with Gasteiger partial charge in [0.25, 0.3) is 0 Å². The van der Waals surface area contributed by atoms with Gasteiger partial charge in [-0.25, -0.2) is 4.79 Å². The van der Waals surface area contributed by atoms with E-state index in [1.165, 1.54) is 0 Å². The van der Waals surface area contributed by atoms with Gasteiger partial charge in [0.2, 0.25) is 0 Å². The molecule has 5 heteroatoms. The average Bonchev–Trinajstić information content (AvgIpc) is 2.24. The maximum absolute atomic E-state index is 11.6. The maximum atomic E-state index is 11.6. The number of anilines is 1. The van der Waals surface area contributed by atoms with Gasteiger partial charge in [-0.15, -0.1) is 0 Å². The molecule has 0 saturated heterocycles. The summed E-state index contributed by atoms with van der Waals surface area (Å²) in [5.41, 5.74) is 7.03. The van der Waals surface area contributed by atoms with Gasteiger partial charge < -0.3 is 21.1 Å². The van der Waals surface area contributed by atoms with E-state index in [1.54, 1.807) is 19.2 Å². The van der Waals surface area contributed by atoms with Gasteiger partial charge in [-0.1, -0.05) is 6.07 Å². The first-order chi connectivity index (χ1) is 8.31. The van der Waals surface area contributed by atoms with Gasteiger partial charge in [0.1, 0.15) is 5.75 Å². The lowest BCUT2D eigenvalue weighted by molar-refractivity contribution is 0.231. The fourth-order valence-electron chi connectivity index (χ4n) is 1.46. The van der Waals surface area contributed by atoms with Crippen LogP contribution in [0.5, 0.6) is 5.75 Å². The molecule has 0 heterocycles. The molecule has 0 bridgehead atoms. The number of nitrogens with two attached hydrogens (primary N) is 1. The predicted molar refractivity (Wildman–Crippen MR) is 72.5 cm³/mol. The Hall–Kier alpha value is -1.91. The minimum absolute atomic E-state index is 0.197. The molecule has 0 aliphatic heterocycles. The monoisotopic (exact) mass is 251 g/mol. The Morgan fingerprint density at radius 1 is 1.39 bits per heavy atom. The molecule has 100 valence electrons. The van der Waals surface area contributed by atoms with Gasteiger partial charge in [-0.05, 0) is 38.5 Å². The number of methoxy groups -OCH3 is 1. The highest BCUT2D eigenvalue weighted by Gasteiger charge is 2.13. The second kappa shape index (κ2) is 5.62. The lowest BCUT2D eigenvalue weighted by Crippen LogP contribution is -2.46. The molecule has 0 aromatic heterocycles. The summed E-state index contributed by atoms with van der Waals surface area (Å²) in [5, 5.41) is 5.59. The fraction of sp³-hybridized carbons (Fsp3) is 0.462. The van der Waals surface area contributed by atoms with Crippen LogP contribution >= 0.6 is 0 Å². The summed E-state index contributed by atoms with van der Waals surface area (Å²) in [7, 11) is 1.57. The highest BCUT2D eigenvalue weighted by molar-refractivity contribution is 5.74. The molecule has 2 amide bonds. The molecular weight excluding hydrogens is 230 g/mol. The van der Waals surface area contributed by atoms with Gasteiger partial charge >= 0.3 is 6.03 Å². The van der Waals surface area contributed by atoms with Crippen molar-refractivity contribution in [2.75, 3.05) is 12.8 Å². The van der Waals surface area contributed by atoms with E-state index in [2.05, 4.69) is 10.6 Å². The largest absolute Gasteiger partial charge is 0.495 e. The Balaban J connectivity index is 2.54. The molecule has 0 fully saturated rings. The summed E-state index contributed by atoms with van der Waals surface area (Å²) in [6, 6.07) is 5.24. The van der Waals surface area contributed by atoms with Gasteiger partial charge in [0.05, 0.1) is 12.8 Å². The summed E-state index contributed by atoms with van der Waals surface area (Å²) in [4.78, 5) is 11.6. The SMILES string of the molecule is COc1ccc(CNC(=O)NC(C)(C)C)cc1N. The number of carbonyl (C=O) groups excluding carboxylic acids is 1. The van der Waals surface area contributed by atoms with Crippen LogP contribution in [0.15, 0.2) is 18.2 Å². The van der Waals surface area contributed by atoms with Crippen molar-refractivity contribution in [2.45, 2.75) is 32.9 Å². The molecule has 5 nitrogen and oxygen atoms in total. The zero-order valence-corrected chi connectivity index (χ0v) is 11.3. The number of rotatable bonds is 3. The van der Waals surface area contributed by atoms with Crippen LogP contribution < -0.4 is 21.1 Å². The van der Waals surface area contributed by atoms with Crippen molar-refractivity contribution in [3.8, 4) is 5.75 Å². The predicted octanol–water partition coefficient (Wildman–Crippen LogP) is 1.88. The normalized spacial score (nSPS) is 10.9. The van der Waals surface area contributed by atoms with Crippen molar-refractivity contribution < 1.29 is 9.53 Å². The first-order valence-electron chi connectivity index (χ1n) is 5.80. The first-order valence-corrected chi connectivity index (χ1v) is 5.80. The lowest BCUT2D eigenvalue weighted by atomic mass is 10.1. The molecule has 0 spiro atoms. The number of nitrogens with one attached hydrogen (secondary N) is 2. The van der Waals surface area contributed by atoms with Crippen molar-refractivity contribution in [3.05, 3.63) is 23.8 Å². The molecule has 4 N–H and O–H groups in total. The lowest BCUT2D eigenvalue weighted by Gasteiger charge is -2.20. The molecule has 1 aromatic carbocycles. The van der Waals surface area contributed by atoms with E-state index in [1.807, 2.05) is 26.8 Å². The number of ether oxygens (including phenoxy) is 1. The minimum atomic E-state index is -0.247. The second-order valence-electron chi connectivity index (χ2n) is 5.13. The number of hydrogen-bond donors (Lipinski definition) is 3. The first kappa shape index (κ1) is 14.2. The minimum Gasteiger partial charge on any atom is -0.495 e. The summed E-state index contributed by atoms with van der Waals surface area (Å²) in [6.45, 7) is 6.21. The van der Waals surface area contributed by atoms with Crippen LogP contribution in [0.3, 0.4) is 0 Å². The Morgan fingerprint density at radius 3 is 2.56 bits per heavy atom. The molecule has 0 radical (unpaired) electrons. The molecule has 18 heavy (non-hydrogen) atoms. The van der Waals surface area contributed by atoms with E-state index < -0.39 is 0 Å². The summed E-state index contributed by atoms with van der Waals surface area (Å²) < 4.78 is 5.07. The summed E-state index contributed by atoms with van der Waals surface area (Å²) in [6.07, 6.45) is 0. The molecular formula is C13H21N3O2. The molecule has 0 unspecified atom stereocenters. The number of amides is 2. The number of benzene rings is 1. The quantitative estimate of drug-likeness (QED) is 0.718. The highest BCUT2D eigenvalue weighted by atomic mass is 16.5. The molecule has 1 aromatic rings.